The lowest BCUT2D eigenvalue weighted by molar-refractivity contribution is 0.599. The summed E-state index contributed by atoms with van der Waals surface area (Å²) in [5.74, 6) is 0. The highest BCUT2D eigenvalue weighted by atomic mass is 35.5. The van der Waals surface area contributed by atoms with Gasteiger partial charge in [0.05, 0.1) is 28.5 Å². The van der Waals surface area contributed by atoms with Gasteiger partial charge in [-0.2, -0.15) is 5.10 Å². The van der Waals surface area contributed by atoms with E-state index in [0.29, 0.717) is 27.8 Å². The van der Waals surface area contributed by atoms with Gasteiger partial charge in [0.1, 0.15) is 0 Å². The Morgan fingerprint density at radius 1 is 0.966 bits per heavy atom. The van der Waals surface area contributed by atoms with E-state index in [4.69, 9.17) is 11.6 Å². The predicted octanol–water partition coefficient (Wildman–Crippen LogP) is 5.24. The van der Waals surface area contributed by atoms with Gasteiger partial charge in [-0.1, -0.05) is 29.8 Å². The molecule has 2 aromatic carbocycles. The van der Waals surface area contributed by atoms with Gasteiger partial charge in [-0.25, -0.2) is 8.42 Å². The van der Waals surface area contributed by atoms with E-state index in [1.807, 2.05) is 71.9 Å². The molecule has 1 heterocycles. The number of benzene rings is 2. The monoisotopic (exact) mass is 431 g/mol. The van der Waals surface area contributed by atoms with Crippen molar-refractivity contribution < 1.29 is 8.42 Å². The van der Waals surface area contributed by atoms with E-state index in [1.54, 1.807) is 4.68 Å². The Morgan fingerprint density at radius 2 is 1.52 bits per heavy atom. The van der Waals surface area contributed by atoms with Crippen LogP contribution < -0.4 is 4.72 Å². The smallest absolute Gasteiger partial charge is 0.262 e. The Kier molecular flexibility index (Phi) is 5.79. The highest BCUT2D eigenvalue weighted by Crippen LogP contribution is 2.30. The average molecular weight is 432 g/mol. The molecule has 0 aliphatic heterocycles. The van der Waals surface area contributed by atoms with E-state index >= 15 is 0 Å². The second-order valence-electron chi connectivity index (χ2n) is 7.52. The molecular formula is C22H26ClN3O2S. The van der Waals surface area contributed by atoms with Crippen molar-refractivity contribution in [3.63, 3.8) is 0 Å². The summed E-state index contributed by atoms with van der Waals surface area (Å²) in [4.78, 5) is 0.347. The van der Waals surface area contributed by atoms with Gasteiger partial charge in [-0.15, -0.1) is 0 Å². The summed E-state index contributed by atoms with van der Waals surface area (Å²) in [5, 5.41) is 5.22. The van der Waals surface area contributed by atoms with Crippen LogP contribution in [0, 0.1) is 41.5 Å². The molecule has 0 radical (unpaired) electrons. The molecule has 0 saturated heterocycles. The van der Waals surface area contributed by atoms with Crippen molar-refractivity contribution in [1.82, 2.24) is 9.78 Å². The number of hydrogen-bond donors (Lipinski definition) is 1. The van der Waals surface area contributed by atoms with Gasteiger partial charge < -0.3 is 0 Å². The van der Waals surface area contributed by atoms with E-state index in [-0.39, 0.29) is 0 Å². The zero-order chi connectivity index (χ0) is 21.5. The minimum Gasteiger partial charge on any atom is -0.276 e. The highest BCUT2D eigenvalue weighted by molar-refractivity contribution is 7.92. The van der Waals surface area contributed by atoms with Crippen molar-refractivity contribution in [1.29, 1.82) is 0 Å². The van der Waals surface area contributed by atoms with Crippen molar-refractivity contribution in [3.8, 4) is 0 Å². The second-order valence-corrected chi connectivity index (χ2v) is 9.58. The summed E-state index contributed by atoms with van der Waals surface area (Å²) >= 11 is 5.95. The van der Waals surface area contributed by atoms with Gasteiger partial charge in [0.15, 0.2) is 0 Å². The third-order valence-corrected chi connectivity index (χ3v) is 7.30. The summed E-state index contributed by atoms with van der Waals surface area (Å²) in [6, 6.07) is 9.55. The summed E-state index contributed by atoms with van der Waals surface area (Å²) in [7, 11) is -3.75. The summed E-state index contributed by atoms with van der Waals surface area (Å²) in [6.45, 7) is 11.8. The molecule has 0 amide bonds. The maximum atomic E-state index is 13.3. The fourth-order valence-electron chi connectivity index (χ4n) is 3.53. The van der Waals surface area contributed by atoms with Crippen LogP contribution in [-0.2, 0) is 16.6 Å². The minimum absolute atomic E-state index is 0.347. The number of aromatic nitrogens is 2. The molecule has 0 spiro atoms. The molecule has 3 rings (SSSR count). The first-order valence-corrected chi connectivity index (χ1v) is 11.3. The lowest BCUT2D eigenvalue weighted by Gasteiger charge is -2.17. The molecule has 1 N–H and O–H groups in total. The average Bonchev–Trinajstić information content (AvgIpc) is 2.89. The quantitative estimate of drug-likeness (QED) is 0.601. The Morgan fingerprint density at radius 3 is 2.07 bits per heavy atom. The van der Waals surface area contributed by atoms with E-state index < -0.39 is 10.0 Å². The molecule has 0 saturated carbocycles. The van der Waals surface area contributed by atoms with E-state index in [0.717, 1.165) is 33.5 Å². The Balaban J connectivity index is 1.99. The lowest BCUT2D eigenvalue weighted by Crippen LogP contribution is -2.18. The van der Waals surface area contributed by atoms with Crippen LogP contribution in [0.4, 0.5) is 5.69 Å². The van der Waals surface area contributed by atoms with E-state index in [9.17, 15) is 8.42 Å². The molecular weight excluding hydrogens is 406 g/mol. The number of nitrogens with zero attached hydrogens (tertiary/aromatic N) is 2. The normalized spacial score (nSPS) is 11.7. The largest absolute Gasteiger partial charge is 0.276 e. The molecule has 7 heteroatoms. The summed E-state index contributed by atoms with van der Waals surface area (Å²) < 4.78 is 31.2. The van der Waals surface area contributed by atoms with Crippen LogP contribution in [0.5, 0.6) is 0 Å². The zero-order valence-corrected chi connectivity index (χ0v) is 19.2. The van der Waals surface area contributed by atoms with Crippen LogP contribution in [0.3, 0.4) is 0 Å². The molecule has 0 fully saturated rings. The fraction of sp³-hybridized carbons (Fsp3) is 0.318. The van der Waals surface area contributed by atoms with Gasteiger partial charge in [0.2, 0.25) is 0 Å². The number of hydrogen-bond acceptors (Lipinski definition) is 3. The Hall–Kier alpha value is -2.31. The number of halogens is 1. The number of anilines is 1. The molecule has 29 heavy (non-hydrogen) atoms. The number of rotatable bonds is 5. The molecule has 0 bridgehead atoms. The van der Waals surface area contributed by atoms with Crippen LogP contribution >= 0.6 is 11.6 Å². The molecule has 5 nitrogen and oxygen atoms in total. The van der Waals surface area contributed by atoms with Crippen molar-refractivity contribution in [2.45, 2.75) is 53.0 Å². The Bertz CT molecular complexity index is 1150. The summed E-state index contributed by atoms with van der Waals surface area (Å²) in [5.41, 5.74) is 6.42. The number of aryl methyl sites for hydroxylation is 3. The molecule has 154 valence electrons. The van der Waals surface area contributed by atoms with Crippen molar-refractivity contribution >= 4 is 27.3 Å². The molecule has 0 unspecified atom stereocenters. The molecule has 1 aromatic heterocycles. The van der Waals surface area contributed by atoms with Gasteiger partial charge in [-0.05, 0) is 81.5 Å². The van der Waals surface area contributed by atoms with Gasteiger partial charge in [-0.3, -0.25) is 9.40 Å². The van der Waals surface area contributed by atoms with Gasteiger partial charge in [0, 0.05) is 5.02 Å². The molecule has 0 aliphatic carbocycles. The first-order chi connectivity index (χ1) is 13.5. The standard InChI is InChI=1S/C22H26ClN3O2S/c1-13-11-14(2)16(4)22(15(13)3)29(27,28)25-21-17(5)24-26(18(21)6)12-19-7-9-20(23)10-8-19/h7-11,25H,12H2,1-6H3. The maximum absolute atomic E-state index is 13.3. The van der Waals surface area contributed by atoms with Crippen molar-refractivity contribution in [2.75, 3.05) is 4.72 Å². The lowest BCUT2D eigenvalue weighted by atomic mass is 10.0. The van der Waals surface area contributed by atoms with E-state index in [2.05, 4.69) is 9.82 Å². The SMILES string of the molecule is Cc1cc(C)c(C)c(S(=O)(=O)Nc2c(C)nn(Cc3ccc(Cl)cc3)c2C)c1C. The fourth-order valence-corrected chi connectivity index (χ4v) is 5.45. The van der Waals surface area contributed by atoms with Crippen LogP contribution in [0.25, 0.3) is 0 Å². The maximum Gasteiger partial charge on any atom is 0.262 e. The zero-order valence-electron chi connectivity index (χ0n) is 17.6. The summed E-state index contributed by atoms with van der Waals surface area (Å²) in [6.07, 6.45) is 0. The Labute approximate surface area is 177 Å². The minimum atomic E-state index is -3.75. The third kappa shape index (κ3) is 4.19. The van der Waals surface area contributed by atoms with E-state index in [1.165, 1.54) is 0 Å². The molecule has 0 aliphatic rings. The first kappa shape index (κ1) is 21.4. The predicted molar refractivity (Wildman–Crippen MR) is 118 cm³/mol. The van der Waals surface area contributed by atoms with Crippen LogP contribution in [0.1, 0.15) is 39.2 Å². The highest BCUT2D eigenvalue weighted by Gasteiger charge is 2.25. The second kappa shape index (κ2) is 7.84. The number of nitrogens with one attached hydrogen (secondary N) is 1. The van der Waals surface area contributed by atoms with Gasteiger partial charge >= 0.3 is 0 Å². The first-order valence-electron chi connectivity index (χ1n) is 9.40. The topological polar surface area (TPSA) is 64.0 Å². The van der Waals surface area contributed by atoms with Crippen LogP contribution in [-0.4, -0.2) is 18.2 Å². The van der Waals surface area contributed by atoms with Crippen LogP contribution in [0.2, 0.25) is 5.02 Å². The van der Waals surface area contributed by atoms with Crippen LogP contribution in [0.15, 0.2) is 35.2 Å². The molecule has 3 aromatic rings. The molecule has 0 atom stereocenters. The van der Waals surface area contributed by atoms with Crippen molar-refractivity contribution in [2.24, 2.45) is 0 Å². The third-order valence-electron chi connectivity index (χ3n) is 5.43. The van der Waals surface area contributed by atoms with Gasteiger partial charge in [0.25, 0.3) is 10.0 Å². The van der Waals surface area contributed by atoms with Crippen molar-refractivity contribution in [3.05, 3.63) is 74.6 Å². The number of sulfonamides is 1.